The zero-order valence-corrected chi connectivity index (χ0v) is 15.7. The molecule has 0 bridgehead atoms. The lowest BCUT2D eigenvalue weighted by Gasteiger charge is -2.22. The summed E-state index contributed by atoms with van der Waals surface area (Å²) in [5.41, 5.74) is 0.0186. The van der Waals surface area contributed by atoms with Crippen molar-refractivity contribution in [3.8, 4) is 5.75 Å². The molecule has 1 aromatic carbocycles. The zero-order chi connectivity index (χ0) is 19.2. The van der Waals surface area contributed by atoms with E-state index in [9.17, 15) is 18.0 Å². The van der Waals surface area contributed by atoms with Crippen LogP contribution in [0.2, 0.25) is 0 Å². The third-order valence-electron chi connectivity index (χ3n) is 4.26. The molecule has 1 aromatic rings. The van der Waals surface area contributed by atoms with Crippen molar-refractivity contribution in [1.82, 2.24) is 10.0 Å². The molecule has 0 saturated heterocycles. The van der Waals surface area contributed by atoms with Gasteiger partial charge in [0, 0.05) is 6.04 Å². The molecule has 0 aromatic heterocycles. The molecule has 2 rings (SSSR count). The smallest absolute Gasteiger partial charge is 0.338 e. The van der Waals surface area contributed by atoms with Gasteiger partial charge in [-0.15, -0.1) is 0 Å². The molecule has 1 aliphatic rings. The Morgan fingerprint density at radius 1 is 1.19 bits per heavy atom. The van der Waals surface area contributed by atoms with Gasteiger partial charge in [0.1, 0.15) is 10.6 Å². The molecular weight excluding hydrogens is 360 g/mol. The fourth-order valence-electron chi connectivity index (χ4n) is 2.85. The number of hydrogen-bond donors (Lipinski definition) is 2. The Morgan fingerprint density at radius 3 is 2.50 bits per heavy atom. The predicted octanol–water partition coefficient (Wildman–Crippen LogP) is 1.21. The molecule has 1 aliphatic carbocycles. The van der Waals surface area contributed by atoms with Crippen molar-refractivity contribution in [3.05, 3.63) is 23.8 Å². The summed E-state index contributed by atoms with van der Waals surface area (Å²) in [6.45, 7) is -0.407. The molecule has 1 amide bonds. The molecule has 9 heteroatoms. The van der Waals surface area contributed by atoms with Gasteiger partial charge in [-0.1, -0.05) is 19.3 Å². The van der Waals surface area contributed by atoms with Crippen LogP contribution in [0.4, 0.5) is 0 Å². The van der Waals surface area contributed by atoms with Gasteiger partial charge in [-0.25, -0.2) is 17.9 Å². The van der Waals surface area contributed by atoms with Crippen molar-refractivity contribution in [2.45, 2.75) is 43.0 Å². The first-order chi connectivity index (χ1) is 12.4. The summed E-state index contributed by atoms with van der Waals surface area (Å²) >= 11 is 0. The van der Waals surface area contributed by atoms with E-state index in [0.29, 0.717) is 0 Å². The number of hydrogen-bond acceptors (Lipinski definition) is 6. The van der Waals surface area contributed by atoms with E-state index < -0.39 is 22.6 Å². The van der Waals surface area contributed by atoms with Crippen molar-refractivity contribution >= 4 is 21.9 Å². The molecule has 8 nitrogen and oxygen atoms in total. The van der Waals surface area contributed by atoms with Gasteiger partial charge in [0.05, 0.1) is 12.7 Å². The van der Waals surface area contributed by atoms with Crippen LogP contribution in [-0.4, -0.2) is 47.1 Å². The highest BCUT2D eigenvalue weighted by atomic mass is 32.2. The summed E-state index contributed by atoms with van der Waals surface area (Å²) in [5, 5.41) is 2.85. The number of esters is 1. The van der Waals surface area contributed by atoms with E-state index in [1.807, 2.05) is 0 Å². The number of methoxy groups -OCH3 is 1. The molecule has 26 heavy (non-hydrogen) atoms. The lowest BCUT2D eigenvalue weighted by molar-refractivity contribution is -0.125. The van der Waals surface area contributed by atoms with Crippen LogP contribution in [-0.2, 0) is 19.6 Å². The Balaban J connectivity index is 2.00. The lowest BCUT2D eigenvalue weighted by atomic mass is 9.95. The van der Waals surface area contributed by atoms with E-state index in [1.165, 1.54) is 32.7 Å². The molecule has 1 fully saturated rings. The molecule has 2 N–H and O–H groups in total. The van der Waals surface area contributed by atoms with Gasteiger partial charge < -0.3 is 14.8 Å². The second-order valence-corrected chi connectivity index (χ2v) is 7.91. The van der Waals surface area contributed by atoms with Gasteiger partial charge >= 0.3 is 5.97 Å². The van der Waals surface area contributed by atoms with Gasteiger partial charge in [0.25, 0.3) is 5.91 Å². The van der Waals surface area contributed by atoms with Gasteiger partial charge in [0.15, 0.2) is 6.61 Å². The number of sulfonamides is 1. The summed E-state index contributed by atoms with van der Waals surface area (Å²) in [7, 11) is -1.22. The molecule has 1 saturated carbocycles. The second kappa shape index (κ2) is 9.00. The Kier molecular flexibility index (Phi) is 6.98. The van der Waals surface area contributed by atoms with Crippen LogP contribution in [0.3, 0.4) is 0 Å². The second-order valence-electron chi connectivity index (χ2n) is 6.05. The normalized spacial score (nSPS) is 15.3. The summed E-state index contributed by atoms with van der Waals surface area (Å²) < 4.78 is 36.3. The van der Waals surface area contributed by atoms with Gasteiger partial charge in [-0.2, -0.15) is 0 Å². The fourth-order valence-corrected chi connectivity index (χ4v) is 3.77. The topological polar surface area (TPSA) is 111 Å². The van der Waals surface area contributed by atoms with E-state index >= 15 is 0 Å². The van der Waals surface area contributed by atoms with Crippen LogP contribution in [0.15, 0.2) is 23.1 Å². The highest BCUT2D eigenvalue weighted by molar-refractivity contribution is 7.89. The Bertz CT molecular complexity index is 757. The predicted molar refractivity (Wildman–Crippen MR) is 94.5 cm³/mol. The Hall–Kier alpha value is -2.13. The van der Waals surface area contributed by atoms with Crippen LogP contribution >= 0.6 is 0 Å². The maximum atomic E-state index is 12.2. The number of rotatable bonds is 7. The van der Waals surface area contributed by atoms with Crippen molar-refractivity contribution in [1.29, 1.82) is 0 Å². The maximum absolute atomic E-state index is 12.2. The van der Waals surface area contributed by atoms with Crippen LogP contribution in [0.25, 0.3) is 0 Å². The van der Waals surface area contributed by atoms with Crippen molar-refractivity contribution in [2.24, 2.45) is 0 Å². The average molecular weight is 384 g/mol. The zero-order valence-electron chi connectivity index (χ0n) is 14.9. The number of ether oxygens (including phenoxy) is 2. The quantitative estimate of drug-likeness (QED) is 0.684. The van der Waals surface area contributed by atoms with E-state index in [1.54, 1.807) is 0 Å². The van der Waals surface area contributed by atoms with Crippen molar-refractivity contribution in [2.75, 3.05) is 20.8 Å². The standard InChI is InChI=1S/C17H24N2O6S/c1-18-26(22,23)15-10-12(8-9-14(15)24-2)17(21)25-11-16(20)19-13-6-4-3-5-7-13/h8-10,13,18H,3-7,11H2,1-2H3,(H,19,20). The lowest BCUT2D eigenvalue weighted by Crippen LogP contribution is -2.38. The first-order valence-corrected chi connectivity index (χ1v) is 9.93. The van der Waals surface area contributed by atoms with Crippen LogP contribution in [0.5, 0.6) is 5.75 Å². The summed E-state index contributed by atoms with van der Waals surface area (Å²) in [5.74, 6) is -1.04. The summed E-state index contributed by atoms with van der Waals surface area (Å²) in [4.78, 5) is 23.9. The first-order valence-electron chi connectivity index (χ1n) is 8.45. The highest BCUT2D eigenvalue weighted by Crippen LogP contribution is 2.25. The van der Waals surface area contributed by atoms with Crippen LogP contribution < -0.4 is 14.8 Å². The molecule has 0 aliphatic heterocycles. The molecule has 0 spiro atoms. The average Bonchev–Trinajstić information content (AvgIpc) is 2.66. The van der Waals surface area contributed by atoms with E-state index in [2.05, 4.69) is 10.0 Å². The molecule has 0 radical (unpaired) electrons. The monoisotopic (exact) mass is 384 g/mol. The summed E-state index contributed by atoms with van der Waals surface area (Å²) in [6.07, 6.45) is 5.21. The minimum Gasteiger partial charge on any atom is -0.495 e. The van der Waals surface area contributed by atoms with Crippen molar-refractivity contribution < 1.29 is 27.5 Å². The van der Waals surface area contributed by atoms with E-state index in [4.69, 9.17) is 9.47 Å². The number of benzene rings is 1. The molecule has 0 unspecified atom stereocenters. The number of carbonyl (C=O) groups excluding carboxylic acids is 2. The minimum absolute atomic E-state index is 0.0186. The van der Waals surface area contributed by atoms with Crippen LogP contribution in [0.1, 0.15) is 42.5 Å². The molecular formula is C17H24N2O6S. The van der Waals surface area contributed by atoms with Gasteiger partial charge in [-0.05, 0) is 38.1 Å². The van der Waals surface area contributed by atoms with E-state index in [-0.39, 0.29) is 28.2 Å². The number of amides is 1. The third-order valence-corrected chi connectivity index (χ3v) is 5.70. The first kappa shape index (κ1) is 20.2. The number of carbonyl (C=O) groups is 2. The number of nitrogens with one attached hydrogen (secondary N) is 2. The SMILES string of the molecule is CNS(=O)(=O)c1cc(C(=O)OCC(=O)NC2CCCCC2)ccc1OC. The molecule has 0 atom stereocenters. The van der Waals surface area contributed by atoms with E-state index in [0.717, 1.165) is 31.7 Å². The van der Waals surface area contributed by atoms with Crippen LogP contribution in [0, 0.1) is 0 Å². The Labute approximate surface area is 153 Å². The van der Waals surface area contributed by atoms with Gasteiger partial charge in [0.2, 0.25) is 10.0 Å². The minimum atomic E-state index is -3.81. The fraction of sp³-hybridized carbons (Fsp3) is 0.529. The Morgan fingerprint density at radius 2 is 1.88 bits per heavy atom. The van der Waals surface area contributed by atoms with Gasteiger partial charge in [-0.3, -0.25) is 4.79 Å². The third kappa shape index (κ3) is 5.18. The largest absolute Gasteiger partial charge is 0.495 e. The molecule has 0 heterocycles. The summed E-state index contributed by atoms with van der Waals surface area (Å²) in [6, 6.07) is 4.03. The highest BCUT2D eigenvalue weighted by Gasteiger charge is 2.21. The maximum Gasteiger partial charge on any atom is 0.338 e. The van der Waals surface area contributed by atoms with Crippen molar-refractivity contribution in [3.63, 3.8) is 0 Å². The molecule has 144 valence electrons.